The Balaban J connectivity index is 2.05. The molecule has 1 unspecified atom stereocenters. The van der Waals surface area contributed by atoms with Crippen LogP contribution in [0.4, 0.5) is 9.18 Å². The fourth-order valence-electron chi connectivity index (χ4n) is 3.80. The normalized spacial score (nSPS) is 15.9. The summed E-state index contributed by atoms with van der Waals surface area (Å²) in [6.07, 6.45) is -0.0739. The minimum Gasteiger partial charge on any atom is -0.497 e. The van der Waals surface area contributed by atoms with Gasteiger partial charge in [-0.15, -0.1) is 0 Å². The highest BCUT2D eigenvalue weighted by molar-refractivity contribution is 5.80. The number of hydrogen-bond donors (Lipinski definition) is 1. The number of carbonyl (C=O) groups is 1. The number of aromatic nitrogens is 2. The highest BCUT2D eigenvalue weighted by atomic mass is 19.1. The van der Waals surface area contributed by atoms with E-state index in [4.69, 9.17) is 10.00 Å². The van der Waals surface area contributed by atoms with Gasteiger partial charge in [0.1, 0.15) is 17.1 Å². The Morgan fingerprint density at radius 1 is 1.33 bits per heavy atom. The Kier molecular flexibility index (Phi) is 4.83. The third-order valence-corrected chi connectivity index (χ3v) is 5.21. The number of halogens is 1. The zero-order valence-corrected chi connectivity index (χ0v) is 16.0. The van der Waals surface area contributed by atoms with Crippen molar-refractivity contribution in [1.82, 2.24) is 14.5 Å². The molecule has 30 heavy (non-hydrogen) atoms. The molecule has 2 aromatic carbocycles. The van der Waals surface area contributed by atoms with Crippen molar-refractivity contribution in [2.24, 2.45) is 0 Å². The van der Waals surface area contributed by atoms with Gasteiger partial charge in [0.05, 0.1) is 35.9 Å². The van der Waals surface area contributed by atoms with E-state index in [1.54, 1.807) is 24.3 Å². The monoisotopic (exact) mass is 408 g/mol. The second-order valence-corrected chi connectivity index (χ2v) is 6.91. The van der Waals surface area contributed by atoms with E-state index in [0.717, 1.165) is 6.07 Å². The van der Waals surface area contributed by atoms with Gasteiger partial charge in [0.15, 0.2) is 5.82 Å². The standard InChI is InChI=1S/C21H17FN4O4/c1-30-14-6-4-13(5-7-14)26-19(17-3-2-8-25(17)21(28)29)24-18-15(20(26)27)9-12(11-23)10-16(18)22/h4-7,9-10,17H,2-3,8H2,1H3,(H,28,29). The molecule has 1 amide bonds. The summed E-state index contributed by atoms with van der Waals surface area (Å²) < 4.78 is 21.1. The largest absolute Gasteiger partial charge is 0.497 e. The van der Waals surface area contributed by atoms with Crippen molar-refractivity contribution in [2.45, 2.75) is 18.9 Å². The summed E-state index contributed by atoms with van der Waals surface area (Å²) >= 11 is 0. The number of nitriles is 1. The Labute approximate surface area is 170 Å². The number of benzene rings is 2. The molecule has 1 aliphatic heterocycles. The van der Waals surface area contributed by atoms with Crippen LogP contribution in [0, 0.1) is 17.1 Å². The maximum atomic E-state index is 14.7. The molecule has 1 aromatic heterocycles. The zero-order valence-electron chi connectivity index (χ0n) is 16.0. The van der Waals surface area contributed by atoms with Gasteiger partial charge in [-0.05, 0) is 49.2 Å². The smallest absolute Gasteiger partial charge is 0.407 e. The van der Waals surface area contributed by atoms with Crippen LogP contribution in [0.25, 0.3) is 16.6 Å². The van der Waals surface area contributed by atoms with Crippen LogP contribution >= 0.6 is 0 Å². The van der Waals surface area contributed by atoms with Gasteiger partial charge in [-0.3, -0.25) is 14.3 Å². The quantitative estimate of drug-likeness (QED) is 0.713. The van der Waals surface area contributed by atoms with Crippen molar-refractivity contribution < 1.29 is 19.0 Å². The molecule has 2 heterocycles. The van der Waals surface area contributed by atoms with E-state index < -0.39 is 23.5 Å². The summed E-state index contributed by atoms with van der Waals surface area (Å²) in [5.74, 6) is -0.0849. The molecule has 0 radical (unpaired) electrons. The lowest BCUT2D eigenvalue weighted by atomic mass is 10.1. The summed E-state index contributed by atoms with van der Waals surface area (Å²) in [6, 6.07) is 10.0. The topological polar surface area (TPSA) is 108 Å². The third-order valence-electron chi connectivity index (χ3n) is 5.21. The number of nitrogens with zero attached hydrogens (tertiary/aromatic N) is 4. The number of rotatable bonds is 3. The van der Waals surface area contributed by atoms with Crippen molar-refractivity contribution in [3.63, 3.8) is 0 Å². The molecule has 1 saturated heterocycles. The molecule has 0 spiro atoms. The molecule has 0 bridgehead atoms. The van der Waals surface area contributed by atoms with Crippen LogP contribution in [0.3, 0.4) is 0 Å². The van der Waals surface area contributed by atoms with Gasteiger partial charge in [0, 0.05) is 6.54 Å². The second-order valence-electron chi connectivity index (χ2n) is 6.91. The molecule has 8 nitrogen and oxygen atoms in total. The molecular formula is C21H17FN4O4. The molecular weight excluding hydrogens is 391 g/mol. The Hall–Kier alpha value is -3.93. The summed E-state index contributed by atoms with van der Waals surface area (Å²) in [5.41, 5.74) is -0.324. The fourth-order valence-corrected chi connectivity index (χ4v) is 3.80. The van der Waals surface area contributed by atoms with Crippen LogP contribution in [0.5, 0.6) is 5.75 Å². The number of hydrogen-bond acceptors (Lipinski definition) is 5. The number of likely N-dealkylation sites (tertiary alicyclic amines) is 1. The molecule has 1 atom stereocenters. The van der Waals surface area contributed by atoms with Gasteiger partial charge in [-0.1, -0.05) is 0 Å². The summed E-state index contributed by atoms with van der Waals surface area (Å²) in [6.45, 7) is 0.298. The maximum Gasteiger partial charge on any atom is 0.407 e. The minimum absolute atomic E-state index is 0.000889. The van der Waals surface area contributed by atoms with Gasteiger partial charge in [-0.2, -0.15) is 5.26 Å². The van der Waals surface area contributed by atoms with Crippen molar-refractivity contribution in [3.05, 3.63) is 64.0 Å². The molecule has 1 fully saturated rings. The molecule has 152 valence electrons. The average molecular weight is 408 g/mol. The SMILES string of the molecule is COc1ccc(-n2c(C3CCCN3C(=O)O)nc3c(F)cc(C#N)cc3c2=O)cc1. The lowest BCUT2D eigenvalue weighted by molar-refractivity contribution is 0.138. The fraction of sp³-hybridized carbons (Fsp3) is 0.238. The predicted octanol–water partition coefficient (Wildman–Crippen LogP) is 3.22. The van der Waals surface area contributed by atoms with Crippen LogP contribution in [0.15, 0.2) is 41.2 Å². The first-order chi connectivity index (χ1) is 14.4. The van der Waals surface area contributed by atoms with Crippen LogP contribution in [0.1, 0.15) is 30.3 Å². The van der Waals surface area contributed by atoms with Crippen molar-refractivity contribution in [2.75, 3.05) is 13.7 Å². The first kappa shape index (κ1) is 19.4. The molecule has 0 saturated carbocycles. The van der Waals surface area contributed by atoms with E-state index in [2.05, 4.69) is 4.98 Å². The lowest BCUT2D eigenvalue weighted by Gasteiger charge is -2.24. The first-order valence-corrected chi connectivity index (χ1v) is 9.25. The van der Waals surface area contributed by atoms with E-state index in [1.165, 1.54) is 22.6 Å². The van der Waals surface area contributed by atoms with E-state index in [-0.39, 0.29) is 22.3 Å². The second kappa shape index (κ2) is 7.48. The van der Waals surface area contributed by atoms with Crippen LogP contribution < -0.4 is 10.3 Å². The molecule has 0 aliphatic carbocycles. The Morgan fingerprint density at radius 2 is 2.07 bits per heavy atom. The average Bonchev–Trinajstić information content (AvgIpc) is 3.24. The summed E-state index contributed by atoms with van der Waals surface area (Å²) in [4.78, 5) is 30.7. The number of methoxy groups -OCH3 is 1. The number of amides is 1. The third kappa shape index (κ3) is 3.12. The highest BCUT2D eigenvalue weighted by Crippen LogP contribution is 2.33. The van der Waals surface area contributed by atoms with Crippen molar-refractivity contribution in [1.29, 1.82) is 5.26 Å². The number of fused-ring (bicyclic) bond motifs is 1. The Morgan fingerprint density at radius 3 is 2.70 bits per heavy atom. The summed E-state index contributed by atoms with van der Waals surface area (Å²) in [5, 5.41) is 18.7. The van der Waals surface area contributed by atoms with Crippen LogP contribution in [0.2, 0.25) is 0 Å². The first-order valence-electron chi connectivity index (χ1n) is 9.25. The highest BCUT2D eigenvalue weighted by Gasteiger charge is 2.34. The lowest BCUT2D eigenvalue weighted by Crippen LogP contribution is -2.34. The van der Waals surface area contributed by atoms with Gasteiger partial charge >= 0.3 is 6.09 Å². The van der Waals surface area contributed by atoms with E-state index >= 15 is 0 Å². The van der Waals surface area contributed by atoms with Crippen LogP contribution in [-0.2, 0) is 0 Å². The van der Waals surface area contributed by atoms with Gasteiger partial charge in [0.25, 0.3) is 5.56 Å². The van der Waals surface area contributed by atoms with Gasteiger partial charge in [0.2, 0.25) is 0 Å². The zero-order chi connectivity index (χ0) is 21.4. The van der Waals surface area contributed by atoms with Crippen molar-refractivity contribution in [3.8, 4) is 17.5 Å². The van der Waals surface area contributed by atoms with E-state index in [0.29, 0.717) is 30.8 Å². The minimum atomic E-state index is -1.13. The van der Waals surface area contributed by atoms with E-state index in [1.807, 2.05) is 6.07 Å². The molecule has 4 rings (SSSR count). The van der Waals surface area contributed by atoms with Crippen LogP contribution in [-0.4, -0.2) is 39.3 Å². The molecule has 9 heteroatoms. The predicted molar refractivity (Wildman–Crippen MR) is 105 cm³/mol. The molecule has 1 aliphatic rings. The van der Waals surface area contributed by atoms with E-state index in [9.17, 15) is 19.1 Å². The number of ether oxygens (including phenoxy) is 1. The van der Waals surface area contributed by atoms with Gasteiger partial charge < -0.3 is 9.84 Å². The van der Waals surface area contributed by atoms with Gasteiger partial charge in [-0.25, -0.2) is 14.2 Å². The Bertz CT molecular complexity index is 1250. The van der Waals surface area contributed by atoms with Crippen molar-refractivity contribution >= 4 is 17.0 Å². The molecule has 3 aromatic rings. The molecule has 1 N–H and O–H groups in total. The summed E-state index contributed by atoms with van der Waals surface area (Å²) in [7, 11) is 1.51. The maximum absolute atomic E-state index is 14.7. The number of carboxylic acid groups (broad SMARTS) is 1.